The van der Waals surface area contributed by atoms with Crippen molar-refractivity contribution < 1.29 is 22.4 Å². The third-order valence-electron chi connectivity index (χ3n) is 1.91. The number of carbonyl (C=O) groups excluding carboxylic acids is 1. The molecule has 0 aliphatic carbocycles. The molecule has 1 N–H and O–H groups in total. The predicted molar refractivity (Wildman–Crippen MR) is 54.5 cm³/mol. The van der Waals surface area contributed by atoms with Crippen molar-refractivity contribution in [3.05, 3.63) is 35.1 Å². The summed E-state index contributed by atoms with van der Waals surface area (Å²) in [5, 5.41) is 2.29. The second-order valence-electron chi connectivity index (χ2n) is 3.14. The second kappa shape index (κ2) is 5.35. The molecule has 1 aromatic carbocycles. The Kier molecular flexibility index (Phi) is 4.34. The minimum absolute atomic E-state index is 0.124. The molecule has 0 saturated carbocycles. The highest BCUT2D eigenvalue weighted by Crippen LogP contribution is 2.31. The summed E-state index contributed by atoms with van der Waals surface area (Å²) in [7, 11) is 0. The molecule has 7 heteroatoms. The van der Waals surface area contributed by atoms with E-state index >= 15 is 0 Å². The smallest absolute Gasteiger partial charge is 0.351 e. The molecule has 94 valence electrons. The van der Waals surface area contributed by atoms with E-state index in [1.807, 2.05) is 0 Å². The first kappa shape index (κ1) is 13.8. The molecule has 0 fully saturated rings. The average Bonchev–Trinajstić information content (AvgIpc) is 2.25. The largest absolute Gasteiger partial charge is 0.419 e. The topological polar surface area (TPSA) is 29.1 Å². The average molecular weight is 270 g/mol. The van der Waals surface area contributed by atoms with Gasteiger partial charge in [-0.2, -0.15) is 13.2 Å². The van der Waals surface area contributed by atoms with E-state index in [-0.39, 0.29) is 18.0 Å². The molecule has 0 aliphatic rings. The van der Waals surface area contributed by atoms with Crippen LogP contribution in [0.3, 0.4) is 0 Å². The first-order valence-corrected chi connectivity index (χ1v) is 5.10. The summed E-state index contributed by atoms with van der Waals surface area (Å²) in [5.41, 5.74) is -1.72. The second-order valence-corrected chi connectivity index (χ2v) is 3.52. The van der Waals surface area contributed by atoms with Crippen molar-refractivity contribution in [1.29, 1.82) is 0 Å². The zero-order valence-electron chi connectivity index (χ0n) is 8.44. The summed E-state index contributed by atoms with van der Waals surface area (Å²) >= 11 is 5.31. The molecule has 0 bridgehead atoms. The molecule has 0 aliphatic heterocycles. The molecular weight excluding hydrogens is 262 g/mol. The molecule has 0 saturated heterocycles. The molecule has 0 aromatic heterocycles. The minimum atomic E-state index is -4.83. The highest BCUT2D eigenvalue weighted by molar-refractivity contribution is 6.18. The van der Waals surface area contributed by atoms with Crippen LogP contribution in [0.2, 0.25) is 0 Å². The van der Waals surface area contributed by atoms with E-state index in [1.165, 1.54) is 0 Å². The van der Waals surface area contributed by atoms with E-state index in [1.54, 1.807) is 0 Å². The maximum Gasteiger partial charge on any atom is 0.419 e. The molecule has 0 heterocycles. The predicted octanol–water partition coefficient (Wildman–Crippen LogP) is 2.81. The van der Waals surface area contributed by atoms with Gasteiger partial charge in [-0.15, -0.1) is 11.6 Å². The van der Waals surface area contributed by atoms with E-state index in [4.69, 9.17) is 11.6 Å². The summed E-state index contributed by atoms with van der Waals surface area (Å²) in [4.78, 5) is 11.3. The van der Waals surface area contributed by atoms with Crippen LogP contribution in [0.25, 0.3) is 0 Å². The van der Waals surface area contributed by atoms with Gasteiger partial charge in [0.25, 0.3) is 5.91 Å². The number of halogens is 5. The zero-order chi connectivity index (χ0) is 13.1. The Morgan fingerprint density at radius 1 is 1.35 bits per heavy atom. The van der Waals surface area contributed by atoms with E-state index in [2.05, 4.69) is 5.32 Å². The van der Waals surface area contributed by atoms with E-state index in [0.29, 0.717) is 12.1 Å². The van der Waals surface area contributed by atoms with Gasteiger partial charge in [-0.1, -0.05) is 0 Å². The SMILES string of the molecule is O=C(NCCCl)c1ccc(F)c(C(F)(F)F)c1. The Morgan fingerprint density at radius 2 is 2.00 bits per heavy atom. The summed E-state index contributed by atoms with van der Waals surface area (Å²) in [6.45, 7) is 0.124. The number of hydrogen-bond donors (Lipinski definition) is 1. The van der Waals surface area contributed by atoms with Gasteiger partial charge in [0.1, 0.15) is 5.82 Å². The van der Waals surface area contributed by atoms with Crippen molar-refractivity contribution >= 4 is 17.5 Å². The third kappa shape index (κ3) is 3.59. The Hall–Kier alpha value is -1.30. The van der Waals surface area contributed by atoms with Gasteiger partial charge in [-0.3, -0.25) is 4.79 Å². The van der Waals surface area contributed by atoms with E-state index in [0.717, 1.165) is 6.07 Å². The molecule has 1 aromatic rings. The van der Waals surface area contributed by atoms with Gasteiger partial charge in [0.05, 0.1) is 5.56 Å². The van der Waals surface area contributed by atoms with Gasteiger partial charge in [0.15, 0.2) is 0 Å². The Morgan fingerprint density at radius 3 is 2.53 bits per heavy atom. The number of carbonyl (C=O) groups is 1. The van der Waals surface area contributed by atoms with Crippen molar-refractivity contribution in [3.8, 4) is 0 Å². The molecule has 2 nitrogen and oxygen atoms in total. The summed E-state index contributed by atoms with van der Waals surface area (Å²) in [5.74, 6) is -2.00. The van der Waals surface area contributed by atoms with Crippen molar-refractivity contribution in [3.63, 3.8) is 0 Å². The highest BCUT2D eigenvalue weighted by Gasteiger charge is 2.34. The van der Waals surface area contributed by atoms with Gasteiger partial charge in [0.2, 0.25) is 0 Å². The monoisotopic (exact) mass is 269 g/mol. The maximum atomic E-state index is 12.9. The molecule has 0 spiro atoms. The lowest BCUT2D eigenvalue weighted by molar-refractivity contribution is -0.140. The van der Waals surface area contributed by atoms with Crippen LogP contribution in [0.4, 0.5) is 17.6 Å². The van der Waals surface area contributed by atoms with Crippen LogP contribution in [0.15, 0.2) is 18.2 Å². The minimum Gasteiger partial charge on any atom is -0.351 e. The summed E-state index contributed by atoms with van der Waals surface area (Å²) < 4.78 is 50.0. The third-order valence-corrected chi connectivity index (χ3v) is 2.10. The number of hydrogen-bond acceptors (Lipinski definition) is 1. The molecule has 0 unspecified atom stereocenters. The first-order valence-electron chi connectivity index (χ1n) is 4.57. The van der Waals surface area contributed by atoms with Gasteiger partial charge in [-0.05, 0) is 18.2 Å². The van der Waals surface area contributed by atoms with Crippen molar-refractivity contribution in [1.82, 2.24) is 5.32 Å². The lowest BCUT2D eigenvalue weighted by Gasteiger charge is -2.10. The Labute approximate surface area is 99.6 Å². The Balaban J connectivity index is 3.00. The van der Waals surface area contributed by atoms with Crippen LogP contribution in [0.5, 0.6) is 0 Å². The zero-order valence-corrected chi connectivity index (χ0v) is 9.20. The van der Waals surface area contributed by atoms with Crippen molar-refractivity contribution in [2.24, 2.45) is 0 Å². The van der Waals surface area contributed by atoms with E-state index in [9.17, 15) is 22.4 Å². The fourth-order valence-electron chi connectivity index (χ4n) is 1.15. The molecule has 0 atom stereocenters. The fourth-order valence-corrected chi connectivity index (χ4v) is 1.24. The quantitative estimate of drug-likeness (QED) is 0.663. The van der Waals surface area contributed by atoms with Crippen LogP contribution >= 0.6 is 11.6 Å². The van der Waals surface area contributed by atoms with Crippen molar-refractivity contribution in [2.75, 3.05) is 12.4 Å². The molecule has 0 radical (unpaired) electrons. The number of amides is 1. The van der Waals surface area contributed by atoms with Crippen LogP contribution in [0.1, 0.15) is 15.9 Å². The van der Waals surface area contributed by atoms with Crippen LogP contribution in [-0.4, -0.2) is 18.3 Å². The van der Waals surface area contributed by atoms with Gasteiger partial charge >= 0.3 is 6.18 Å². The number of rotatable bonds is 3. The normalized spacial score (nSPS) is 11.4. The number of nitrogens with one attached hydrogen (secondary N) is 1. The molecule has 17 heavy (non-hydrogen) atoms. The van der Waals surface area contributed by atoms with E-state index < -0.39 is 23.5 Å². The molecule has 1 amide bonds. The summed E-state index contributed by atoms with van der Waals surface area (Å²) in [6.07, 6.45) is -4.83. The highest BCUT2D eigenvalue weighted by atomic mass is 35.5. The van der Waals surface area contributed by atoms with Gasteiger partial charge < -0.3 is 5.32 Å². The standard InChI is InChI=1S/C10H8ClF4NO/c11-3-4-16-9(17)6-1-2-8(12)7(5-6)10(13,14)15/h1-2,5H,3-4H2,(H,16,17). The molecule has 1 rings (SSSR count). The fraction of sp³-hybridized carbons (Fsp3) is 0.300. The Bertz CT molecular complexity index is 419. The van der Waals surface area contributed by atoms with Gasteiger partial charge in [0, 0.05) is 18.0 Å². The van der Waals surface area contributed by atoms with Gasteiger partial charge in [-0.25, -0.2) is 4.39 Å². The number of benzene rings is 1. The first-order chi connectivity index (χ1) is 7.86. The van der Waals surface area contributed by atoms with Crippen LogP contribution in [0, 0.1) is 5.82 Å². The van der Waals surface area contributed by atoms with Crippen LogP contribution < -0.4 is 5.32 Å². The van der Waals surface area contributed by atoms with Crippen molar-refractivity contribution in [2.45, 2.75) is 6.18 Å². The van der Waals surface area contributed by atoms with Crippen LogP contribution in [-0.2, 0) is 6.18 Å². The lowest BCUT2D eigenvalue weighted by atomic mass is 10.1. The number of alkyl halides is 4. The summed E-state index contributed by atoms with van der Waals surface area (Å²) in [6, 6.07) is 2.06. The maximum absolute atomic E-state index is 12.9. The lowest BCUT2D eigenvalue weighted by Crippen LogP contribution is -2.25. The molecular formula is C10H8ClF4NO.